The molecule has 17 heavy (non-hydrogen) atoms. The molecule has 0 spiro atoms. The lowest BCUT2D eigenvalue weighted by atomic mass is 10.0. The Morgan fingerprint density at radius 1 is 1.29 bits per heavy atom. The first-order valence-electron chi connectivity index (χ1n) is 5.91. The van der Waals surface area contributed by atoms with Crippen molar-refractivity contribution in [2.45, 2.75) is 45.6 Å². The van der Waals surface area contributed by atoms with Crippen molar-refractivity contribution in [3.8, 4) is 0 Å². The van der Waals surface area contributed by atoms with Gasteiger partial charge in [0.2, 0.25) is 5.91 Å². The van der Waals surface area contributed by atoms with E-state index in [-0.39, 0.29) is 12.5 Å². The van der Waals surface area contributed by atoms with Gasteiger partial charge in [0.1, 0.15) is 12.1 Å². The van der Waals surface area contributed by atoms with E-state index in [0.717, 1.165) is 19.3 Å². The zero-order valence-electron chi connectivity index (χ0n) is 11.2. The first kappa shape index (κ1) is 15.9. The predicted octanol–water partition coefficient (Wildman–Crippen LogP) is 1.51. The third-order valence-electron chi connectivity index (χ3n) is 2.85. The second-order valence-electron chi connectivity index (χ2n) is 4.58. The van der Waals surface area contributed by atoms with Gasteiger partial charge in [0.15, 0.2) is 0 Å². The molecule has 0 aliphatic rings. The van der Waals surface area contributed by atoms with Crippen molar-refractivity contribution in [1.82, 2.24) is 4.90 Å². The summed E-state index contributed by atoms with van der Waals surface area (Å²) in [7, 11) is 1.48. The normalized spacial score (nSPS) is 11.3. The Morgan fingerprint density at radius 2 is 1.88 bits per heavy atom. The maximum Gasteiger partial charge on any atom is 0.329 e. The second kappa shape index (κ2) is 7.27. The molecule has 0 unspecified atom stereocenters. The zero-order valence-corrected chi connectivity index (χ0v) is 11.2. The highest BCUT2D eigenvalue weighted by atomic mass is 16.5. The van der Waals surface area contributed by atoms with Gasteiger partial charge in [-0.3, -0.25) is 4.79 Å². The zero-order chi connectivity index (χ0) is 13.5. The smallest absolute Gasteiger partial charge is 0.329 e. The van der Waals surface area contributed by atoms with Gasteiger partial charge in [0, 0.05) is 13.7 Å². The number of carbonyl (C=O) groups is 2. The van der Waals surface area contributed by atoms with E-state index in [0.29, 0.717) is 6.61 Å². The van der Waals surface area contributed by atoms with Crippen LogP contribution in [0.2, 0.25) is 0 Å². The quantitative estimate of drug-likeness (QED) is 0.658. The average molecular weight is 245 g/mol. The monoisotopic (exact) mass is 245 g/mol. The molecular formula is C12H23NO4. The van der Waals surface area contributed by atoms with Gasteiger partial charge in [-0.1, -0.05) is 19.8 Å². The highest BCUT2D eigenvalue weighted by Crippen LogP contribution is 2.12. The lowest BCUT2D eigenvalue weighted by molar-refractivity contribution is -0.157. The summed E-state index contributed by atoms with van der Waals surface area (Å²) in [4.78, 5) is 23.8. The van der Waals surface area contributed by atoms with Crippen molar-refractivity contribution in [3.05, 3.63) is 0 Å². The summed E-state index contributed by atoms with van der Waals surface area (Å²) >= 11 is 0. The second-order valence-corrected chi connectivity index (χ2v) is 4.58. The Labute approximate surface area is 103 Å². The number of carboxylic acids is 1. The van der Waals surface area contributed by atoms with Gasteiger partial charge in [-0.25, -0.2) is 4.79 Å². The number of hydrogen-bond donors (Lipinski definition) is 1. The molecule has 1 N–H and O–H groups in total. The number of ether oxygens (including phenoxy) is 1. The summed E-state index contributed by atoms with van der Waals surface area (Å²) in [6.07, 6.45) is 3.10. The molecule has 0 aliphatic heterocycles. The molecule has 0 aromatic heterocycles. The minimum Gasteiger partial charge on any atom is -0.480 e. The highest BCUT2D eigenvalue weighted by molar-refractivity contribution is 5.86. The van der Waals surface area contributed by atoms with Crippen LogP contribution in [0.3, 0.4) is 0 Å². The summed E-state index contributed by atoms with van der Waals surface area (Å²) in [5.41, 5.74) is -1.20. The van der Waals surface area contributed by atoms with Crippen LogP contribution in [0.15, 0.2) is 0 Å². The van der Waals surface area contributed by atoms with Crippen LogP contribution in [-0.4, -0.2) is 47.7 Å². The molecule has 1 amide bonds. The maximum atomic E-state index is 11.7. The van der Waals surface area contributed by atoms with Crippen LogP contribution in [0.1, 0.15) is 40.0 Å². The largest absolute Gasteiger partial charge is 0.480 e. The fourth-order valence-corrected chi connectivity index (χ4v) is 1.17. The molecule has 5 nitrogen and oxygen atoms in total. The predicted molar refractivity (Wildman–Crippen MR) is 64.8 cm³/mol. The Balaban J connectivity index is 4.02. The van der Waals surface area contributed by atoms with Crippen LogP contribution < -0.4 is 0 Å². The molecule has 0 radical (unpaired) electrons. The van der Waals surface area contributed by atoms with E-state index >= 15 is 0 Å². The highest BCUT2D eigenvalue weighted by Gasteiger charge is 2.34. The fourth-order valence-electron chi connectivity index (χ4n) is 1.17. The van der Waals surface area contributed by atoms with Crippen LogP contribution in [0.4, 0.5) is 0 Å². The number of hydrogen-bond acceptors (Lipinski definition) is 3. The number of unbranched alkanes of at least 4 members (excludes halogenated alkanes) is 2. The number of carboxylic acid groups (broad SMARTS) is 1. The number of nitrogens with zero attached hydrogens (tertiary/aromatic N) is 1. The summed E-state index contributed by atoms with van der Waals surface area (Å²) < 4.78 is 5.21. The Hall–Kier alpha value is -1.10. The van der Waals surface area contributed by atoms with Crippen LogP contribution in [0.25, 0.3) is 0 Å². The molecule has 0 fully saturated rings. The molecule has 5 heteroatoms. The molecule has 0 rings (SSSR count). The number of likely N-dealkylation sites (N-methyl/N-ethyl adjacent to an activating group) is 1. The third-order valence-corrected chi connectivity index (χ3v) is 2.85. The van der Waals surface area contributed by atoms with Gasteiger partial charge >= 0.3 is 5.97 Å². The van der Waals surface area contributed by atoms with Crippen LogP contribution in [0.5, 0.6) is 0 Å². The van der Waals surface area contributed by atoms with Gasteiger partial charge < -0.3 is 14.7 Å². The molecule has 0 saturated heterocycles. The number of carbonyl (C=O) groups excluding carboxylic acids is 1. The Morgan fingerprint density at radius 3 is 2.35 bits per heavy atom. The van der Waals surface area contributed by atoms with Crippen molar-refractivity contribution < 1.29 is 19.4 Å². The third kappa shape index (κ3) is 5.17. The standard InChI is InChI=1S/C12H23NO4/c1-5-6-7-8-17-9-10(14)13(4)12(2,3)11(15)16/h5-9H2,1-4H3,(H,15,16). The van der Waals surface area contributed by atoms with Crippen LogP contribution in [-0.2, 0) is 14.3 Å². The lowest BCUT2D eigenvalue weighted by Gasteiger charge is -2.31. The van der Waals surface area contributed by atoms with Gasteiger partial charge in [0.05, 0.1) is 0 Å². The van der Waals surface area contributed by atoms with E-state index in [1.165, 1.54) is 25.8 Å². The molecule has 0 atom stereocenters. The van der Waals surface area contributed by atoms with Crippen LogP contribution in [0, 0.1) is 0 Å². The topological polar surface area (TPSA) is 66.8 Å². The number of aliphatic carboxylic acids is 1. The van der Waals surface area contributed by atoms with E-state index in [1.54, 1.807) is 0 Å². The molecule has 0 saturated carbocycles. The number of amides is 1. The molecule has 0 aromatic rings. The van der Waals surface area contributed by atoms with Crippen molar-refractivity contribution in [1.29, 1.82) is 0 Å². The van der Waals surface area contributed by atoms with E-state index in [2.05, 4.69) is 6.92 Å². The SMILES string of the molecule is CCCCCOCC(=O)N(C)C(C)(C)C(=O)O. The lowest BCUT2D eigenvalue weighted by Crippen LogP contribution is -2.51. The minimum absolute atomic E-state index is 0.0586. The van der Waals surface area contributed by atoms with Gasteiger partial charge in [-0.05, 0) is 20.3 Å². The van der Waals surface area contributed by atoms with Crippen molar-refractivity contribution in [2.24, 2.45) is 0 Å². The fraction of sp³-hybridized carbons (Fsp3) is 0.833. The first-order valence-corrected chi connectivity index (χ1v) is 5.91. The molecule has 0 heterocycles. The van der Waals surface area contributed by atoms with E-state index in [9.17, 15) is 9.59 Å². The van der Waals surface area contributed by atoms with Crippen molar-refractivity contribution in [3.63, 3.8) is 0 Å². The summed E-state index contributed by atoms with van der Waals surface area (Å²) in [6, 6.07) is 0. The molecule has 0 aromatic carbocycles. The van der Waals surface area contributed by atoms with E-state index < -0.39 is 11.5 Å². The summed E-state index contributed by atoms with van der Waals surface area (Å²) in [5, 5.41) is 8.97. The minimum atomic E-state index is -1.20. The van der Waals surface area contributed by atoms with Crippen molar-refractivity contribution in [2.75, 3.05) is 20.3 Å². The molecule has 0 aliphatic carbocycles. The van der Waals surface area contributed by atoms with Gasteiger partial charge in [-0.2, -0.15) is 0 Å². The van der Waals surface area contributed by atoms with Gasteiger partial charge in [0.25, 0.3) is 0 Å². The van der Waals surface area contributed by atoms with E-state index in [1.807, 2.05) is 0 Å². The summed E-state index contributed by atoms with van der Waals surface area (Å²) in [5.74, 6) is -1.34. The first-order chi connectivity index (χ1) is 7.84. The number of rotatable bonds is 8. The molecular weight excluding hydrogens is 222 g/mol. The van der Waals surface area contributed by atoms with Gasteiger partial charge in [-0.15, -0.1) is 0 Å². The van der Waals surface area contributed by atoms with E-state index in [4.69, 9.17) is 9.84 Å². The van der Waals surface area contributed by atoms with Crippen molar-refractivity contribution >= 4 is 11.9 Å². The summed E-state index contributed by atoms with van der Waals surface area (Å²) in [6.45, 7) is 5.56. The maximum absolute atomic E-state index is 11.7. The Kier molecular flexibility index (Phi) is 6.80. The average Bonchev–Trinajstić information content (AvgIpc) is 2.27. The van der Waals surface area contributed by atoms with Crippen LogP contribution >= 0.6 is 0 Å². The molecule has 0 bridgehead atoms. The Bertz CT molecular complexity index is 263. The molecule has 100 valence electrons.